The minimum atomic E-state index is -0.423. The number of aliphatic hydroxyl groups is 1. The molecule has 0 aromatic heterocycles. The van der Waals surface area contributed by atoms with Crippen LogP contribution >= 0.6 is 0 Å². The summed E-state index contributed by atoms with van der Waals surface area (Å²) in [7, 11) is 0. The van der Waals surface area contributed by atoms with Crippen molar-refractivity contribution in [2.75, 3.05) is 6.54 Å². The van der Waals surface area contributed by atoms with Gasteiger partial charge in [-0.3, -0.25) is 10.3 Å². The van der Waals surface area contributed by atoms with E-state index in [1.807, 2.05) is 13.8 Å². The molecule has 0 amide bonds. The molecule has 3 heteroatoms. The topological polar surface area (TPSA) is 44.6 Å². The van der Waals surface area contributed by atoms with Crippen LogP contribution in [0, 0.1) is 12.3 Å². The number of aliphatic imine (C=N–C) groups is 1. The van der Waals surface area contributed by atoms with Crippen molar-refractivity contribution in [2.24, 2.45) is 4.99 Å². The standard InChI is InChI=1S/C12H20N2O/c1-4-7-11(13-6-3)9-10-14-12(15)8-5-2/h1,6-7,12,14-15H,5,8-10H2,2-3H3/b11-7-,13-6?. The number of hydrogen-bond donors (Lipinski definition) is 2. The first-order chi connectivity index (χ1) is 7.24. The fraction of sp³-hybridized carbons (Fsp3) is 0.583. The molecule has 0 saturated carbocycles. The molecular weight excluding hydrogens is 188 g/mol. The van der Waals surface area contributed by atoms with Gasteiger partial charge in [0, 0.05) is 31.0 Å². The van der Waals surface area contributed by atoms with Crippen LogP contribution in [0.3, 0.4) is 0 Å². The maximum absolute atomic E-state index is 9.41. The molecule has 1 atom stereocenters. The molecule has 0 aromatic carbocycles. The predicted octanol–water partition coefficient (Wildman–Crippen LogP) is 1.69. The Labute approximate surface area is 92.3 Å². The molecule has 0 aliphatic heterocycles. The normalized spacial score (nSPS) is 14.1. The van der Waals surface area contributed by atoms with Gasteiger partial charge in [0.15, 0.2) is 0 Å². The highest BCUT2D eigenvalue weighted by Crippen LogP contribution is 2.01. The number of allylic oxidation sites excluding steroid dienone is 1. The summed E-state index contributed by atoms with van der Waals surface area (Å²) in [6.07, 6.45) is 10.6. The first kappa shape index (κ1) is 13.9. The quantitative estimate of drug-likeness (QED) is 0.380. The number of hydrogen-bond acceptors (Lipinski definition) is 3. The van der Waals surface area contributed by atoms with Crippen LogP contribution < -0.4 is 5.32 Å². The van der Waals surface area contributed by atoms with Gasteiger partial charge in [0.05, 0.1) is 0 Å². The van der Waals surface area contributed by atoms with Crippen LogP contribution in [-0.2, 0) is 0 Å². The molecule has 0 heterocycles. The van der Waals surface area contributed by atoms with Crippen LogP contribution in [0.5, 0.6) is 0 Å². The van der Waals surface area contributed by atoms with Gasteiger partial charge in [-0.2, -0.15) is 0 Å². The molecule has 1 unspecified atom stereocenters. The highest BCUT2D eigenvalue weighted by atomic mass is 16.3. The van der Waals surface area contributed by atoms with Crippen molar-refractivity contribution in [3.63, 3.8) is 0 Å². The van der Waals surface area contributed by atoms with Crippen molar-refractivity contribution < 1.29 is 5.11 Å². The lowest BCUT2D eigenvalue weighted by Crippen LogP contribution is -2.29. The van der Waals surface area contributed by atoms with E-state index in [9.17, 15) is 5.11 Å². The first-order valence-corrected chi connectivity index (χ1v) is 5.29. The van der Waals surface area contributed by atoms with Crippen molar-refractivity contribution >= 4 is 6.21 Å². The third-order valence-electron chi connectivity index (χ3n) is 1.87. The minimum Gasteiger partial charge on any atom is -0.379 e. The Hall–Kier alpha value is -1.11. The Balaban J connectivity index is 3.82. The van der Waals surface area contributed by atoms with Gasteiger partial charge in [-0.15, -0.1) is 6.42 Å². The lowest BCUT2D eigenvalue weighted by atomic mass is 10.2. The first-order valence-electron chi connectivity index (χ1n) is 5.29. The number of nitrogens with zero attached hydrogens (tertiary/aromatic N) is 1. The van der Waals surface area contributed by atoms with Gasteiger partial charge in [0.25, 0.3) is 0 Å². The summed E-state index contributed by atoms with van der Waals surface area (Å²) >= 11 is 0. The monoisotopic (exact) mass is 208 g/mol. The summed E-state index contributed by atoms with van der Waals surface area (Å²) in [4.78, 5) is 4.13. The molecule has 84 valence electrons. The van der Waals surface area contributed by atoms with Gasteiger partial charge >= 0.3 is 0 Å². The van der Waals surface area contributed by atoms with Crippen molar-refractivity contribution in [1.29, 1.82) is 0 Å². The summed E-state index contributed by atoms with van der Waals surface area (Å²) in [6, 6.07) is 0. The summed E-state index contributed by atoms with van der Waals surface area (Å²) < 4.78 is 0. The predicted molar refractivity (Wildman–Crippen MR) is 64.6 cm³/mol. The van der Waals surface area contributed by atoms with Crippen LogP contribution in [0.15, 0.2) is 16.8 Å². The highest BCUT2D eigenvalue weighted by Gasteiger charge is 2.00. The lowest BCUT2D eigenvalue weighted by molar-refractivity contribution is 0.127. The van der Waals surface area contributed by atoms with E-state index < -0.39 is 6.23 Å². The second-order valence-corrected chi connectivity index (χ2v) is 3.20. The lowest BCUT2D eigenvalue weighted by Gasteiger charge is -2.11. The van der Waals surface area contributed by atoms with E-state index in [-0.39, 0.29) is 0 Å². The molecule has 0 saturated heterocycles. The van der Waals surface area contributed by atoms with Gasteiger partial charge in [0.1, 0.15) is 6.23 Å². The van der Waals surface area contributed by atoms with Crippen LogP contribution in [0.4, 0.5) is 0 Å². The number of nitrogens with one attached hydrogen (secondary N) is 1. The summed E-state index contributed by atoms with van der Waals surface area (Å²) in [5, 5.41) is 12.4. The Morgan fingerprint density at radius 2 is 2.40 bits per heavy atom. The molecule has 0 radical (unpaired) electrons. The van der Waals surface area contributed by atoms with E-state index in [0.29, 0.717) is 6.54 Å². The third kappa shape index (κ3) is 7.92. The van der Waals surface area contributed by atoms with E-state index in [1.54, 1.807) is 12.3 Å². The number of aliphatic hydroxyl groups excluding tert-OH is 1. The molecule has 15 heavy (non-hydrogen) atoms. The van der Waals surface area contributed by atoms with Gasteiger partial charge in [0.2, 0.25) is 0 Å². The average Bonchev–Trinajstić information content (AvgIpc) is 2.19. The smallest absolute Gasteiger partial charge is 0.104 e. The zero-order chi connectivity index (χ0) is 11.5. The van der Waals surface area contributed by atoms with Crippen LogP contribution in [0.25, 0.3) is 0 Å². The van der Waals surface area contributed by atoms with E-state index >= 15 is 0 Å². The van der Waals surface area contributed by atoms with E-state index in [1.165, 1.54) is 0 Å². The fourth-order valence-electron chi connectivity index (χ4n) is 1.18. The van der Waals surface area contributed by atoms with Crippen molar-refractivity contribution in [1.82, 2.24) is 5.32 Å². The van der Waals surface area contributed by atoms with Crippen LogP contribution in [0.1, 0.15) is 33.1 Å². The fourth-order valence-corrected chi connectivity index (χ4v) is 1.18. The van der Waals surface area contributed by atoms with Crippen LogP contribution in [0.2, 0.25) is 0 Å². The molecule has 0 aliphatic rings. The molecule has 0 aromatic rings. The average molecular weight is 208 g/mol. The maximum atomic E-state index is 9.41. The number of rotatable bonds is 7. The zero-order valence-corrected chi connectivity index (χ0v) is 9.53. The van der Waals surface area contributed by atoms with Crippen molar-refractivity contribution in [3.8, 4) is 12.3 Å². The van der Waals surface area contributed by atoms with Gasteiger partial charge in [-0.05, 0) is 13.3 Å². The molecule has 0 rings (SSSR count). The van der Waals surface area contributed by atoms with Gasteiger partial charge in [-0.25, -0.2) is 0 Å². The second kappa shape index (κ2) is 9.45. The Kier molecular flexibility index (Phi) is 8.75. The Morgan fingerprint density at radius 1 is 1.67 bits per heavy atom. The van der Waals surface area contributed by atoms with Gasteiger partial charge in [-0.1, -0.05) is 19.3 Å². The largest absolute Gasteiger partial charge is 0.379 e. The third-order valence-corrected chi connectivity index (χ3v) is 1.87. The number of terminal acetylenes is 1. The van der Waals surface area contributed by atoms with Crippen molar-refractivity contribution in [3.05, 3.63) is 11.8 Å². The van der Waals surface area contributed by atoms with Gasteiger partial charge < -0.3 is 5.11 Å². The van der Waals surface area contributed by atoms with E-state index in [0.717, 1.165) is 25.0 Å². The zero-order valence-electron chi connectivity index (χ0n) is 9.53. The van der Waals surface area contributed by atoms with E-state index in [2.05, 4.69) is 16.2 Å². The summed E-state index contributed by atoms with van der Waals surface area (Å²) in [6.45, 7) is 4.58. The second-order valence-electron chi connectivity index (χ2n) is 3.20. The molecule has 2 N–H and O–H groups in total. The molecule has 3 nitrogen and oxygen atoms in total. The molecular formula is C12H20N2O. The Bertz CT molecular complexity index is 251. The Morgan fingerprint density at radius 3 is 2.93 bits per heavy atom. The molecule has 0 bridgehead atoms. The van der Waals surface area contributed by atoms with E-state index in [4.69, 9.17) is 6.42 Å². The summed E-state index contributed by atoms with van der Waals surface area (Å²) in [5.41, 5.74) is 0.858. The summed E-state index contributed by atoms with van der Waals surface area (Å²) in [5.74, 6) is 2.45. The van der Waals surface area contributed by atoms with Crippen molar-refractivity contribution in [2.45, 2.75) is 39.3 Å². The molecule has 0 spiro atoms. The maximum Gasteiger partial charge on any atom is 0.104 e. The molecule has 0 aliphatic carbocycles. The van der Waals surface area contributed by atoms with Crippen LogP contribution in [-0.4, -0.2) is 24.1 Å². The SMILES string of the molecule is C#C/C=C(/CCNC(O)CCC)N=CC. The minimum absolute atomic E-state index is 0.423. The highest BCUT2D eigenvalue weighted by molar-refractivity contribution is 5.55. The molecule has 0 fully saturated rings.